The third-order valence-electron chi connectivity index (χ3n) is 3.32. The van der Waals surface area contributed by atoms with Gasteiger partial charge in [0.05, 0.1) is 16.8 Å². The van der Waals surface area contributed by atoms with E-state index < -0.39 is 17.7 Å². The molecule has 9 heteroatoms. The molecule has 122 valence electrons. The Morgan fingerprint density at radius 3 is 2.50 bits per heavy atom. The van der Waals surface area contributed by atoms with Gasteiger partial charge in [-0.15, -0.1) is 5.10 Å². The molecule has 0 unspecified atom stereocenters. The van der Waals surface area contributed by atoms with Gasteiger partial charge in [0.15, 0.2) is 0 Å². The number of hydrogen-bond donors (Lipinski definition) is 1. The number of carbonyl (C=O) groups is 1. The summed E-state index contributed by atoms with van der Waals surface area (Å²) in [5.74, 6) is -1.27. The molecule has 0 spiro atoms. The lowest BCUT2D eigenvalue weighted by Crippen LogP contribution is -2.08. The van der Waals surface area contributed by atoms with Crippen molar-refractivity contribution in [1.82, 2.24) is 20.2 Å². The Bertz CT molecular complexity index is 892. The molecule has 0 aliphatic rings. The maximum Gasteiger partial charge on any atom is 0.417 e. The minimum atomic E-state index is -4.56. The summed E-state index contributed by atoms with van der Waals surface area (Å²) in [5, 5.41) is 19.7. The normalized spacial score (nSPS) is 11.5. The predicted octanol–water partition coefficient (Wildman–Crippen LogP) is 3.05. The summed E-state index contributed by atoms with van der Waals surface area (Å²) in [6.45, 7) is 0. The quantitative estimate of drug-likeness (QED) is 0.796. The van der Waals surface area contributed by atoms with E-state index in [4.69, 9.17) is 0 Å². The maximum absolute atomic E-state index is 13.2. The van der Waals surface area contributed by atoms with Crippen LogP contribution in [0.3, 0.4) is 0 Å². The van der Waals surface area contributed by atoms with E-state index in [9.17, 15) is 23.1 Å². The Morgan fingerprint density at radius 2 is 1.88 bits per heavy atom. The van der Waals surface area contributed by atoms with Gasteiger partial charge in [-0.25, -0.2) is 9.48 Å². The molecular weight excluding hydrogens is 325 g/mol. The van der Waals surface area contributed by atoms with Gasteiger partial charge < -0.3 is 5.11 Å². The zero-order valence-electron chi connectivity index (χ0n) is 11.9. The van der Waals surface area contributed by atoms with Gasteiger partial charge in [0, 0.05) is 0 Å². The SMILES string of the molecule is O=C(O)c1cc(-c2ccccc2C(F)(F)F)cc(-n2cnnn2)c1. The van der Waals surface area contributed by atoms with E-state index in [1.54, 1.807) is 0 Å². The molecule has 0 saturated heterocycles. The van der Waals surface area contributed by atoms with Crippen LogP contribution in [0, 0.1) is 0 Å². The highest BCUT2D eigenvalue weighted by Gasteiger charge is 2.33. The molecule has 1 aromatic heterocycles. The number of halogens is 3. The van der Waals surface area contributed by atoms with Crippen LogP contribution in [0.2, 0.25) is 0 Å². The Hall–Kier alpha value is -3.23. The van der Waals surface area contributed by atoms with Gasteiger partial charge in [-0.05, 0) is 45.8 Å². The summed E-state index contributed by atoms with van der Waals surface area (Å²) >= 11 is 0. The fraction of sp³-hybridized carbons (Fsp3) is 0.0667. The first-order valence-corrected chi connectivity index (χ1v) is 6.64. The van der Waals surface area contributed by atoms with E-state index in [-0.39, 0.29) is 22.4 Å². The molecule has 0 aliphatic heterocycles. The second-order valence-corrected chi connectivity index (χ2v) is 4.87. The van der Waals surface area contributed by atoms with Crippen LogP contribution < -0.4 is 0 Å². The highest BCUT2D eigenvalue weighted by atomic mass is 19.4. The molecule has 0 radical (unpaired) electrons. The van der Waals surface area contributed by atoms with Gasteiger partial charge in [-0.3, -0.25) is 0 Å². The Morgan fingerprint density at radius 1 is 1.12 bits per heavy atom. The fourth-order valence-electron chi connectivity index (χ4n) is 2.28. The van der Waals surface area contributed by atoms with Crippen molar-refractivity contribution in [2.24, 2.45) is 0 Å². The van der Waals surface area contributed by atoms with Crippen molar-refractivity contribution in [3.05, 3.63) is 59.9 Å². The largest absolute Gasteiger partial charge is 0.478 e. The molecule has 0 amide bonds. The first kappa shape index (κ1) is 15.7. The number of aromatic nitrogens is 4. The average molecular weight is 334 g/mol. The van der Waals surface area contributed by atoms with Crippen molar-refractivity contribution in [1.29, 1.82) is 0 Å². The van der Waals surface area contributed by atoms with E-state index in [2.05, 4.69) is 15.5 Å². The van der Waals surface area contributed by atoms with Crippen LogP contribution in [0.15, 0.2) is 48.8 Å². The predicted molar refractivity (Wildman–Crippen MR) is 76.6 cm³/mol. The van der Waals surface area contributed by atoms with Crippen molar-refractivity contribution >= 4 is 5.97 Å². The van der Waals surface area contributed by atoms with Crippen LogP contribution in [0.1, 0.15) is 15.9 Å². The minimum absolute atomic E-state index is 0.105. The number of tetrazole rings is 1. The summed E-state index contributed by atoms with van der Waals surface area (Å²) in [7, 11) is 0. The molecule has 24 heavy (non-hydrogen) atoms. The number of nitrogens with zero attached hydrogens (tertiary/aromatic N) is 4. The Labute approximate surface area is 133 Å². The number of carboxylic acid groups (broad SMARTS) is 1. The van der Waals surface area contributed by atoms with Crippen LogP contribution in [0.4, 0.5) is 13.2 Å². The summed E-state index contributed by atoms with van der Waals surface area (Å²) in [6, 6.07) is 8.81. The number of hydrogen-bond acceptors (Lipinski definition) is 4. The second kappa shape index (κ2) is 5.76. The van der Waals surface area contributed by atoms with E-state index in [1.807, 2.05) is 0 Å². The first-order valence-electron chi connectivity index (χ1n) is 6.64. The monoisotopic (exact) mass is 334 g/mol. The molecule has 1 N–H and O–H groups in total. The van der Waals surface area contributed by atoms with Crippen molar-refractivity contribution in [2.45, 2.75) is 6.18 Å². The van der Waals surface area contributed by atoms with Crippen molar-refractivity contribution in [3.8, 4) is 16.8 Å². The van der Waals surface area contributed by atoms with Gasteiger partial charge in [0.1, 0.15) is 6.33 Å². The highest BCUT2D eigenvalue weighted by Crippen LogP contribution is 2.37. The summed E-state index contributed by atoms with van der Waals surface area (Å²) in [6.07, 6.45) is -3.34. The lowest BCUT2D eigenvalue weighted by Gasteiger charge is -2.14. The summed E-state index contributed by atoms with van der Waals surface area (Å²) in [5.41, 5.74) is -0.798. The second-order valence-electron chi connectivity index (χ2n) is 4.87. The van der Waals surface area contributed by atoms with Gasteiger partial charge in [0.25, 0.3) is 0 Å². The van der Waals surface area contributed by atoms with Crippen LogP contribution in [0.5, 0.6) is 0 Å². The number of benzene rings is 2. The topological polar surface area (TPSA) is 80.9 Å². The molecule has 0 fully saturated rings. The molecule has 1 heterocycles. The van der Waals surface area contributed by atoms with E-state index >= 15 is 0 Å². The van der Waals surface area contributed by atoms with Crippen molar-refractivity contribution in [3.63, 3.8) is 0 Å². The maximum atomic E-state index is 13.2. The zero-order valence-corrected chi connectivity index (χ0v) is 11.9. The van der Waals surface area contributed by atoms with Crippen LogP contribution >= 0.6 is 0 Å². The molecule has 3 rings (SSSR count). The van der Waals surface area contributed by atoms with Crippen molar-refractivity contribution < 1.29 is 23.1 Å². The van der Waals surface area contributed by atoms with Crippen LogP contribution in [-0.4, -0.2) is 31.3 Å². The fourth-order valence-corrected chi connectivity index (χ4v) is 2.28. The molecule has 2 aromatic carbocycles. The number of rotatable bonds is 3. The van der Waals surface area contributed by atoms with E-state index in [0.29, 0.717) is 0 Å². The standard InChI is InChI=1S/C15H9F3N4O2/c16-15(17,18)13-4-2-1-3-12(13)9-5-10(14(23)24)7-11(6-9)22-8-19-20-21-22/h1-8H,(H,23,24). The lowest BCUT2D eigenvalue weighted by molar-refractivity contribution is -0.137. The van der Waals surface area contributed by atoms with Gasteiger partial charge in [0.2, 0.25) is 0 Å². The zero-order chi connectivity index (χ0) is 17.3. The van der Waals surface area contributed by atoms with Crippen molar-refractivity contribution in [2.75, 3.05) is 0 Å². The molecular formula is C15H9F3N4O2. The number of carboxylic acids is 1. The number of alkyl halides is 3. The summed E-state index contributed by atoms with van der Waals surface area (Å²) < 4.78 is 40.8. The third-order valence-corrected chi connectivity index (χ3v) is 3.32. The van der Waals surface area contributed by atoms with Gasteiger partial charge >= 0.3 is 12.1 Å². The molecule has 0 aliphatic carbocycles. The van der Waals surface area contributed by atoms with Gasteiger partial charge in [-0.1, -0.05) is 18.2 Å². The third kappa shape index (κ3) is 2.96. The average Bonchev–Trinajstić information content (AvgIpc) is 3.08. The molecule has 0 atom stereocenters. The molecule has 0 saturated carbocycles. The smallest absolute Gasteiger partial charge is 0.417 e. The van der Waals surface area contributed by atoms with Gasteiger partial charge in [-0.2, -0.15) is 13.2 Å². The Kier molecular flexibility index (Phi) is 3.76. The van der Waals surface area contributed by atoms with E-state index in [0.717, 1.165) is 6.07 Å². The lowest BCUT2D eigenvalue weighted by atomic mass is 9.97. The number of aromatic carboxylic acids is 1. The molecule has 6 nitrogen and oxygen atoms in total. The van der Waals surface area contributed by atoms with E-state index in [1.165, 1.54) is 47.4 Å². The highest BCUT2D eigenvalue weighted by molar-refractivity contribution is 5.90. The Balaban J connectivity index is 2.24. The summed E-state index contributed by atoms with van der Waals surface area (Å²) in [4.78, 5) is 11.3. The van der Waals surface area contributed by atoms with Crippen LogP contribution in [0.25, 0.3) is 16.8 Å². The first-order chi connectivity index (χ1) is 11.4. The van der Waals surface area contributed by atoms with Crippen LogP contribution in [-0.2, 0) is 6.18 Å². The molecule has 0 bridgehead atoms. The minimum Gasteiger partial charge on any atom is -0.478 e. The molecule has 3 aromatic rings.